The molecule has 8 heteroatoms. The van der Waals surface area contributed by atoms with E-state index in [4.69, 9.17) is 5.73 Å². The highest BCUT2D eigenvalue weighted by Gasteiger charge is 2.15. The van der Waals surface area contributed by atoms with Crippen LogP contribution in [0, 0.1) is 0 Å². The predicted molar refractivity (Wildman–Crippen MR) is 76.0 cm³/mol. The number of hydrogen-bond donors (Lipinski definition) is 1. The summed E-state index contributed by atoms with van der Waals surface area (Å²) in [5.74, 6) is -0.538. The Labute approximate surface area is 124 Å². The number of amides is 1. The third-order valence-electron chi connectivity index (χ3n) is 2.67. The van der Waals surface area contributed by atoms with E-state index in [1.165, 1.54) is 11.8 Å². The Morgan fingerprint density at radius 1 is 1.14 bits per heavy atom. The number of para-hydroxylation sites is 1. The third-order valence-corrected chi connectivity index (χ3v) is 3.62. The molecular formula is C13H10N6OS. The van der Waals surface area contributed by atoms with Gasteiger partial charge in [0, 0.05) is 6.20 Å². The van der Waals surface area contributed by atoms with E-state index >= 15 is 0 Å². The van der Waals surface area contributed by atoms with Crippen molar-refractivity contribution in [3.8, 4) is 5.69 Å². The average molecular weight is 298 g/mol. The van der Waals surface area contributed by atoms with Gasteiger partial charge in [-0.3, -0.25) is 4.79 Å². The average Bonchev–Trinajstić information content (AvgIpc) is 2.96. The number of nitrogens with two attached hydrogens (primary N) is 1. The minimum atomic E-state index is -0.538. The first-order chi connectivity index (χ1) is 10.3. The number of benzene rings is 1. The molecular weight excluding hydrogens is 288 g/mol. The molecule has 3 aromatic rings. The second-order valence-corrected chi connectivity index (χ2v) is 4.99. The third kappa shape index (κ3) is 2.75. The summed E-state index contributed by atoms with van der Waals surface area (Å²) in [4.78, 5) is 15.6. The van der Waals surface area contributed by atoms with Crippen molar-refractivity contribution in [1.29, 1.82) is 0 Å². The largest absolute Gasteiger partial charge is 0.366 e. The van der Waals surface area contributed by atoms with E-state index < -0.39 is 5.91 Å². The first-order valence-corrected chi connectivity index (χ1v) is 6.84. The van der Waals surface area contributed by atoms with E-state index in [9.17, 15) is 4.79 Å². The molecule has 2 heterocycles. The van der Waals surface area contributed by atoms with Gasteiger partial charge in [-0.2, -0.15) is 4.68 Å². The van der Waals surface area contributed by atoms with Crippen LogP contribution in [0.1, 0.15) is 10.4 Å². The Bertz CT molecular complexity index is 773. The van der Waals surface area contributed by atoms with Crippen molar-refractivity contribution in [2.24, 2.45) is 5.73 Å². The van der Waals surface area contributed by atoms with Gasteiger partial charge < -0.3 is 5.73 Å². The van der Waals surface area contributed by atoms with Crippen molar-refractivity contribution in [3.63, 3.8) is 0 Å². The number of rotatable bonds is 4. The number of aromatic nitrogens is 5. The summed E-state index contributed by atoms with van der Waals surface area (Å²) < 4.78 is 1.57. The fourth-order valence-corrected chi connectivity index (χ4v) is 2.59. The van der Waals surface area contributed by atoms with E-state index in [1.54, 1.807) is 23.0 Å². The number of carbonyl (C=O) groups excluding carboxylic acids is 1. The molecule has 0 unspecified atom stereocenters. The fourth-order valence-electron chi connectivity index (χ4n) is 1.72. The van der Waals surface area contributed by atoms with Crippen LogP contribution in [0.25, 0.3) is 5.69 Å². The number of nitrogens with zero attached hydrogens (tertiary/aromatic N) is 5. The van der Waals surface area contributed by atoms with Crippen LogP contribution in [0.2, 0.25) is 0 Å². The van der Waals surface area contributed by atoms with Crippen LogP contribution in [-0.4, -0.2) is 31.1 Å². The van der Waals surface area contributed by atoms with Gasteiger partial charge in [0.2, 0.25) is 5.16 Å². The molecule has 0 fully saturated rings. The predicted octanol–water partition coefficient (Wildman–Crippen LogP) is 1.31. The quantitative estimate of drug-likeness (QED) is 0.779. The standard InChI is InChI=1S/C13H10N6OS/c14-11(20)10-7-4-8-15-12(10)21-13-16-17-18-19(13)9-5-2-1-3-6-9/h1-8H,(H2,14,20). The Morgan fingerprint density at radius 3 is 2.71 bits per heavy atom. The van der Waals surface area contributed by atoms with Crippen LogP contribution in [0.4, 0.5) is 0 Å². The van der Waals surface area contributed by atoms with Gasteiger partial charge >= 0.3 is 0 Å². The van der Waals surface area contributed by atoms with E-state index in [0.717, 1.165) is 5.69 Å². The van der Waals surface area contributed by atoms with Crippen LogP contribution in [0.3, 0.4) is 0 Å². The lowest BCUT2D eigenvalue weighted by Gasteiger charge is -2.05. The van der Waals surface area contributed by atoms with Gasteiger partial charge in [0.25, 0.3) is 5.91 Å². The molecule has 0 atom stereocenters. The van der Waals surface area contributed by atoms with Crippen molar-refractivity contribution < 1.29 is 4.79 Å². The lowest BCUT2D eigenvalue weighted by molar-refractivity contribution is 0.0997. The number of primary amides is 1. The zero-order valence-corrected chi connectivity index (χ0v) is 11.6. The zero-order chi connectivity index (χ0) is 14.7. The summed E-state index contributed by atoms with van der Waals surface area (Å²) in [5.41, 5.74) is 6.50. The van der Waals surface area contributed by atoms with Gasteiger partial charge in [-0.25, -0.2) is 4.98 Å². The monoisotopic (exact) mass is 298 g/mol. The molecule has 21 heavy (non-hydrogen) atoms. The highest BCUT2D eigenvalue weighted by molar-refractivity contribution is 7.99. The Kier molecular flexibility index (Phi) is 3.61. The summed E-state index contributed by atoms with van der Waals surface area (Å²) in [6.45, 7) is 0. The van der Waals surface area contributed by atoms with E-state index in [1.807, 2.05) is 30.3 Å². The molecule has 7 nitrogen and oxygen atoms in total. The lowest BCUT2D eigenvalue weighted by Crippen LogP contribution is -2.13. The molecule has 104 valence electrons. The highest BCUT2D eigenvalue weighted by Crippen LogP contribution is 2.27. The molecule has 0 radical (unpaired) electrons. The first-order valence-electron chi connectivity index (χ1n) is 6.02. The molecule has 1 amide bonds. The SMILES string of the molecule is NC(=O)c1cccnc1Sc1nnnn1-c1ccccc1. The molecule has 2 aromatic heterocycles. The topological polar surface area (TPSA) is 99.6 Å². The summed E-state index contributed by atoms with van der Waals surface area (Å²) in [7, 11) is 0. The summed E-state index contributed by atoms with van der Waals surface area (Å²) in [5, 5.41) is 12.5. The van der Waals surface area contributed by atoms with Crippen LogP contribution in [0.5, 0.6) is 0 Å². The van der Waals surface area contributed by atoms with E-state index in [2.05, 4.69) is 20.5 Å². The minimum absolute atomic E-state index is 0.338. The maximum Gasteiger partial charge on any atom is 0.251 e. The fraction of sp³-hybridized carbons (Fsp3) is 0. The molecule has 0 saturated carbocycles. The van der Waals surface area contributed by atoms with Crippen LogP contribution >= 0.6 is 11.8 Å². The Balaban J connectivity index is 1.98. The van der Waals surface area contributed by atoms with Crippen molar-refractivity contribution in [3.05, 3.63) is 54.2 Å². The van der Waals surface area contributed by atoms with Crippen LogP contribution in [-0.2, 0) is 0 Å². The van der Waals surface area contributed by atoms with Crippen molar-refractivity contribution >= 4 is 17.7 Å². The highest BCUT2D eigenvalue weighted by atomic mass is 32.2. The van der Waals surface area contributed by atoms with Crippen LogP contribution < -0.4 is 5.73 Å². The molecule has 0 aliphatic rings. The number of tetrazole rings is 1. The van der Waals surface area contributed by atoms with Gasteiger partial charge in [-0.1, -0.05) is 18.2 Å². The molecule has 0 bridgehead atoms. The maximum absolute atomic E-state index is 11.4. The minimum Gasteiger partial charge on any atom is -0.366 e. The molecule has 1 aromatic carbocycles. The smallest absolute Gasteiger partial charge is 0.251 e. The first kappa shape index (κ1) is 13.3. The van der Waals surface area contributed by atoms with Gasteiger partial charge in [0.05, 0.1) is 11.3 Å². The van der Waals surface area contributed by atoms with Gasteiger partial charge in [0.1, 0.15) is 5.03 Å². The molecule has 0 spiro atoms. The second-order valence-electron chi connectivity index (χ2n) is 4.03. The zero-order valence-electron chi connectivity index (χ0n) is 10.7. The van der Waals surface area contributed by atoms with Crippen molar-refractivity contribution in [2.45, 2.75) is 10.2 Å². The molecule has 2 N–H and O–H groups in total. The van der Waals surface area contributed by atoms with Crippen molar-refractivity contribution in [2.75, 3.05) is 0 Å². The number of hydrogen-bond acceptors (Lipinski definition) is 6. The summed E-state index contributed by atoms with van der Waals surface area (Å²) in [6.07, 6.45) is 1.59. The Hall–Kier alpha value is -2.74. The Morgan fingerprint density at radius 2 is 1.95 bits per heavy atom. The summed E-state index contributed by atoms with van der Waals surface area (Å²) in [6, 6.07) is 12.7. The summed E-state index contributed by atoms with van der Waals surface area (Å²) >= 11 is 1.19. The van der Waals surface area contributed by atoms with E-state index in [-0.39, 0.29) is 0 Å². The number of carbonyl (C=O) groups is 1. The van der Waals surface area contributed by atoms with Crippen molar-refractivity contribution in [1.82, 2.24) is 25.2 Å². The van der Waals surface area contributed by atoms with Gasteiger partial charge in [-0.05, 0) is 46.5 Å². The normalized spacial score (nSPS) is 10.5. The van der Waals surface area contributed by atoms with Gasteiger partial charge in [-0.15, -0.1) is 5.10 Å². The van der Waals surface area contributed by atoms with Crippen LogP contribution in [0.15, 0.2) is 58.8 Å². The maximum atomic E-state index is 11.4. The van der Waals surface area contributed by atoms with E-state index in [0.29, 0.717) is 15.7 Å². The van der Waals surface area contributed by atoms with Gasteiger partial charge in [0.15, 0.2) is 0 Å². The molecule has 0 aliphatic carbocycles. The molecule has 0 aliphatic heterocycles. The second kappa shape index (κ2) is 5.71. The molecule has 3 rings (SSSR count). The molecule has 0 saturated heterocycles. The lowest BCUT2D eigenvalue weighted by atomic mass is 10.3. The number of pyridine rings is 1.